The molecule has 5 nitrogen and oxygen atoms in total. The molecule has 0 radical (unpaired) electrons. The number of primary sulfonamides is 1. The Labute approximate surface area is 120 Å². The molecule has 1 amide bonds. The molecule has 0 atom stereocenters. The van der Waals surface area contributed by atoms with Gasteiger partial charge in [-0.2, -0.15) is 0 Å². The van der Waals surface area contributed by atoms with Crippen LogP contribution in [0.5, 0.6) is 0 Å². The van der Waals surface area contributed by atoms with E-state index >= 15 is 0 Å². The largest absolute Gasteiger partial charge is 0.347 e. The molecule has 0 heterocycles. The number of rotatable bonds is 5. The van der Waals surface area contributed by atoms with Crippen LogP contribution in [0.4, 0.5) is 0 Å². The summed E-state index contributed by atoms with van der Waals surface area (Å²) in [5.74, 6) is -0.301. The zero-order valence-electron chi connectivity index (χ0n) is 12.4. The van der Waals surface area contributed by atoms with Crippen LogP contribution >= 0.6 is 0 Å². The van der Waals surface area contributed by atoms with E-state index in [-0.39, 0.29) is 16.3 Å². The minimum atomic E-state index is -3.83. The molecule has 1 aromatic carbocycles. The van der Waals surface area contributed by atoms with Crippen molar-refractivity contribution in [2.24, 2.45) is 5.14 Å². The maximum Gasteiger partial charge on any atom is 0.251 e. The van der Waals surface area contributed by atoms with Gasteiger partial charge in [0.2, 0.25) is 10.0 Å². The summed E-state index contributed by atoms with van der Waals surface area (Å²) in [4.78, 5) is 12.2. The van der Waals surface area contributed by atoms with Crippen molar-refractivity contribution < 1.29 is 13.2 Å². The number of carbonyl (C=O) groups excluding carboxylic acids is 1. The number of sulfonamides is 1. The first-order chi connectivity index (χ1) is 9.10. The number of amides is 1. The van der Waals surface area contributed by atoms with Gasteiger partial charge in [0.05, 0.1) is 4.90 Å². The highest BCUT2D eigenvalue weighted by Gasteiger charge is 2.21. The molecule has 0 aliphatic carbocycles. The molecule has 1 aromatic rings. The summed E-state index contributed by atoms with van der Waals surface area (Å²) >= 11 is 0. The quantitative estimate of drug-likeness (QED) is 0.869. The second kappa shape index (κ2) is 5.93. The highest BCUT2D eigenvalue weighted by Crippen LogP contribution is 2.18. The Morgan fingerprint density at radius 2 is 1.90 bits per heavy atom. The first kappa shape index (κ1) is 16.7. The molecule has 0 aliphatic heterocycles. The van der Waals surface area contributed by atoms with Gasteiger partial charge in [0.1, 0.15) is 0 Å². The number of carbonyl (C=O) groups is 1. The van der Waals surface area contributed by atoms with Gasteiger partial charge in [-0.25, -0.2) is 13.6 Å². The minimum Gasteiger partial charge on any atom is -0.347 e. The van der Waals surface area contributed by atoms with Crippen molar-refractivity contribution in [1.82, 2.24) is 5.32 Å². The van der Waals surface area contributed by atoms with Crippen LogP contribution < -0.4 is 10.5 Å². The van der Waals surface area contributed by atoms with Gasteiger partial charge >= 0.3 is 0 Å². The van der Waals surface area contributed by atoms with E-state index in [0.29, 0.717) is 17.5 Å². The summed E-state index contributed by atoms with van der Waals surface area (Å²) in [6.07, 6.45) is 1.31. The van der Waals surface area contributed by atoms with E-state index in [2.05, 4.69) is 5.32 Å². The van der Waals surface area contributed by atoms with Crippen molar-refractivity contribution in [3.8, 4) is 0 Å². The van der Waals surface area contributed by atoms with E-state index in [1.165, 1.54) is 6.07 Å². The van der Waals surface area contributed by atoms with Gasteiger partial charge in [0.25, 0.3) is 5.91 Å². The van der Waals surface area contributed by atoms with Crippen molar-refractivity contribution >= 4 is 15.9 Å². The predicted molar refractivity (Wildman–Crippen MR) is 79.0 cm³/mol. The Bertz CT molecular complexity index is 607. The molecule has 3 N–H and O–H groups in total. The van der Waals surface area contributed by atoms with E-state index < -0.39 is 10.0 Å². The van der Waals surface area contributed by atoms with Crippen LogP contribution in [0.1, 0.15) is 50.0 Å². The van der Waals surface area contributed by atoms with Crippen LogP contribution in [0.25, 0.3) is 0 Å². The Balaban J connectivity index is 3.19. The third-order valence-corrected chi connectivity index (χ3v) is 4.35. The van der Waals surface area contributed by atoms with Gasteiger partial charge in [-0.05, 0) is 44.4 Å². The standard InChI is InChI=1S/C14H22N2O3S/c1-5-10-7-8-11(9-12(10)20(15,18)19)13(17)16-14(3,4)6-2/h7-9H,5-6H2,1-4H3,(H,16,17)(H2,15,18,19). The van der Waals surface area contributed by atoms with Crippen LogP contribution in [0, 0.1) is 0 Å². The number of nitrogens with one attached hydrogen (secondary N) is 1. The average molecular weight is 298 g/mol. The lowest BCUT2D eigenvalue weighted by Crippen LogP contribution is -2.42. The number of aryl methyl sites for hydroxylation is 1. The molecule has 1 rings (SSSR count). The molecule has 0 saturated heterocycles. The third kappa shape index (κ3) is 4.05. The molecular formula is C14H22N2O3S. The minimum absolute atomic E-state index is 0.0157. The van der Waals surface area contributed by atoms with Crippen molar-refractivity contribution in [3.63, 3.8) is 0 Å². The fourth-order valence-electron chi connectivity index (χ4n) is 1.72. The normalized spacial score (nSPS) is 12.2. The molecule has 20 heavy (non-hydrogen) atoms. The van der Waals surface area contributed by atoms with Crippen molar-refractivity contribution in [3.05, 3.63) is 29.3 Å². The first-order valence-corrected chi connectivity index (χ1v) is 8.13. The maximum absolute atomic E-state index is 12.2. The summed E-state index contributed by atoms with van der Waals surface area (Å²) in [6, 6.07) is 4.59. The number of benzene rings is 1. The molecule has 0 fully saturated rings. The topological polar surface area (TPSA) is 89.3 Å². The maximum atomic E-state index is 12.2. The fraction of sp³-hybridized carbons (Fsp3) is 0.500. The Kier molecular flexibility index (Phi) is 4.94. The first-order valence-electron chi connectivity index (χ1n) is 6.59. The molecule has 0 bridgehead atoms. The fourth-order valence-corrected chi connectivity index (χ4v) is 2.59. The second-order valence-electron chi connectivity index (χ2n) is 5.41. The third-order valence-electron chi connectivity index (χ3n) is 3.35. The summed E-state index contributed by atoms with van der Waals surface area (Å²) in [5, 5.41) is 8.06. The van der Waals surface area contributed by atoms with E-state index in [1.807, 2.05) is 27.7 Å². The molecule has 6 heteroatoms. The van der Waals surface area contributed by atoms with Crippen LogP contribution in [-0.4, -0.2) is 19.9 Å². The van der Waals surface area contributed by atoms with E-state index in [1.54, 1.807) is 12.1 Å². The van der Waals surface area contributed by atoms with Gasteiger partial charge in [0.15, 0.2) is 0 Å². The van der Waals surface area contributed by atoms with Crippen LogP contribution in [-0.2, 0) is 16.4 Å². The lowest BCUT2D eigenvalue weighted by Gasteiger charge is -2.24. The predicted octanol–water partition coefficient (Wildman–Crippen LogP) is 1.81. The van der Waals surface area contributed by atoms with Gasteiger partial charge in [-0.1, -0.05) is 19.9 Å². The SMILES string of the molecule is CCc1ccc(C(=O)NC(C)(C)CC)cc1S(N)(=O)=O. The Morgan fingerprint density at radius 1 is 1.30 bits per heavy atom. The van der Waals surface area contributed by atoms with Crippen molar-refractivity contribution in [1.29, 1.82) is 0 Å². The highest BCUT2D eigenvalue weighted by molar-refractivity contribution is 7.89. The lowest BCUT2D eigenvalue weighted by molar-refractivity contribution is 0.0911. The van der Waals surface area contributed by atoms with Crippen LogP contribution in [0.3, 0.4) is 0 Å². The summed E-state index contributed by atoms with van der Waals surface area (Å²) < 4.78 is 23.1. The van der Waals surface area contributed by atoms with E-state index in [9.17, 15) is 13.2 Å². The monoisotopic (exact) mass is 298 g/mol. The van der Waals surface area contributed by atoms with Crippen LogP contribution in [0.2, 0.25) is 0 Å². The molecule has 112 valence electrons. The number of hydrogen-bond donors (Lipinski definition) is 2. The summed E-state index contributed by atoms with van der Waals surface area (Å²) in [7, 11) is -3.83. The van der Waals surface area contributed by atoms with Gasteiger partial charge in [0, 0.05) is 11.1 Å². The zero-order valence-corrected chi connectivity index (χ0v) is 13.2. The molecular weight excluding hydrogens is 276 g/mol. The van der Waals surface area contributed by atoms with Gasteiger partial charge in [-0.3, -0.25) is 4.79 Å². The zero-order chi connectivity index (χ0) is 15.6. The highest BCUT2D eigenvalue weighted by atomic mass is 32.2. The summed E-state index contributed by atoms with van der Waals surface area (Å²) in [5.41, 5.74) is 0.564. The molecule has 0 spiro atoms. The lowest BCUT2D eigenvalue weighted by atomic mass is 10.0. The van der Waals surface area contributed by atoms with Gasteiger partial charge < -0.3 is 5.32 Å². The number of hydrogen-bond acceptors (Lipinski definition) is 3. The molecule has 0 saturated carbocycles. The van der Waals surface area contributed by atoms with Crippen molar-refractivity contribution in [2.45, 2.75) is 51.0 Å². The van der Waals surface area contributed by atoms with Crippen molar-refractivity contribution in [2.75, 3.05) is 0 Å². The second-order valence-corrected chi connectivity index (χ2v) is 6.94. The molecule has 0 unspecified atom stereocenters. The summed E-state index contributed by atoms with van der Waals surface area (Å²) in [6.45, 7) is 7.62. The Hall–Kier alpha value is -1.40. The molecule has 0 aromatic heterocycles. The van der Waals surface area contributed by atoms with E-state index in [0.717, 1.165) is 6.42 Å². The average Bonchev–Trinajstić information content (AvgIpc) is 2.36. The Morgan fingerprint density at radius 3 is 2.35 bits per heavy atom. The number of nitrogens with two attached hydrogens (primary N) is 1. The van der Waals surface area contributed by atoms with Crippen LogP contribution in [0.15, 0.2) is 23.1 Å². The molecule has 0 aliphatic rings. The van der Waals surface area contributed by atoms with Gasteiger partial charge in [-0.15, -0.1) is 0 Å². The smallest absolute Gasteiger partial charge is 0.251 e. The van der Waals surface area contributed by atoms with E-state index in [4.69, 9.17) is 5.14 Å².